The Morgan fingerprint density at radius 1 is 0.810 bits per heavy atom. The summed E-state index contributed by atoms with van der Waals surface area (Å²) in [4.78, 5) is 11.5. The van der Waals surface area contributed by atoms with Crippen LogP contribution >= 0.6 is 43.2 Å². The summed E-state index contributed by atoms with van der Waals surface area (Å²) in [6, 6.07) is 32.3. The van der Waals surface area contributed by atoms with Crippen LogP contribution in [-0.4, -0.2) is 25.5 Å². The van der Waals surface area contributed by atoms with Gasteiger partial charge in [-0.25, -0.2) is 4.68 Å². The lowest BCUT2D eigenvalue weighted by atomic mass is 10.1. The van der Waals surface area contributed by atoms with Crippen LogP contribution in [0.25, 0.3) is 33.9 Å². The molecule has 0 saturated carbocycles. The Balaban J connectivity index is 1.43. The van der Waals surface area contributed by atoms with Crippen LogP contribution in [0.2, 0.25) is 0 Å². The summed E-state index contributed by atoms with van der Waals surface area (Å²) in [6.07, 6.45) is 3.53. The van der Waals surface area contributed by atoms with Crippen molar-refractivity contribution >= 4 is 55.1 Å². The van der Waals surface area contributed by atoms with E-state index < -0.39 is 4.92 Å². The van der Waals surface area contributed by atoms with Gasteiger partial charge in [-0.2, -0.15) is 10.2 Å². The third-order valence-corrected chi connectivity index (χ3v) is 8.26. The van der Waals surface area contributed by atoms with Gasteiger partial charge in [0.25, 0.3) is 5.69 Å². The number of benzene rings is 4. The summed E-state index contributed by atoms with van der Waals surface area (Å²) in [7, 11) is 0. The predicted molar refractivity (Wildman–Crippen MR) is 173 cm³/mol. The van der Waals surface area contributed by atoms with Gasteiger partial charge in [0.15, 0.2) is 0 Å². The molecule has 0 fully saturated rings. The van der Waals surface area contributed by atoms with E-state index in [-0.39, 0.29) is 5.69 Å². The van der Waals surface area contributed by atoms with Gasteiger partial charge in [0.2, 0.25) is 4.80 Å². The van der Waals surface area contributed by atoms with E-state index in [2.05, 4.69) is 64.1 Å². The SMILES string of the molecule is O=[N+]([O-])c1ccc(-c2nn(-c3ccc(Br)cc3)cc2C=NN=c2scc(-c3ccc(Br)cc3)n2-c2ccccc2)cc1. The zero-order valence-corrected chi connectivity index (χ0v) is 25.7. The van der Waals surface area contributed by atoms with Gasteiger partial charge in [0.05, 0.1) is 22.5 Å². The maximum atomic E-state index is 11.2. The number of hydrogen-bond acceptors (Lipinski definition) is 6. The number of rotatable bonds is 7. The molecule has 206 valence electrons. The molecule has 0 spiro atoms. The normalized spacial score (nSPS) is 11.8. The number of halogens is 2. The number of nitro benzene ring substituents is 1. The Morgan fingerprint density at radius 2 is 1.45 bits per heavy atom. The van der Waals surface area contributed by atoms with E-state index in [0.717, 1.165) is 37.1 Å². The summed E-state index contributed by atoms with van der Waals surface area (Å²) in [5, 5.41) is 27.1. The van der Waals surface area contributed by atoms with Gasteiger partial charge in [-0.15, -0.1) is 16.4 Å². The molecule has 0 N–H and O–H groups in total. The Morgan fingerprint density at radius 3 is 2.12 bits per heavy atom. The Bertz CT molecular complexity index is 1960. The molecule has 0 unspecified atom stereocenters. The van der Waals surface area contributed by atoms with Crippen molar-refractivity contribution in [1.29, 1.82) is 0 Å². The summed E-state index contributed by atoms with van der Waals surface area (Å²) in [5.41, 5.74) is 5.97. The Labute approximate surface area is 261 Å². The Hall–Kier alpha value is -4.45. The van der Waals surface area contributed by atoms with E-state index in [1.807, 2.05) is 72.9 Å². The third-order valence-electron chi connectivity index (χ3n) is 6.39. The van der Waals surface area contributed by atoms with Crippen molar-refractivity contribution < 1.29 is 4.92 Å². The number of aromatic nitrogens is 3. The second kappa shape index (κ2) is 12.2. The lowest BCUT2D eigenvalue weighted by Gasteiger charge is -2.09. The van der Waals surface area contributed by atoms with Crippen LogP contribution in [0.1, 0.15) is 5.56 Å². The van der Waals surface area contributed by atoms with Crippen LogP contribution in [0.4, 0.5) is 5.69 Å². The highest BCUT2D eigenvalue weighted by Gasteiger charge is 2.14. The summed E-state index contributed by atoms with van der Waals surface area (Å²) < 4.78 is 5.80. The largest absolute Gasteiger partial charge is 0.284 e. The second-order valence-corrected chi connectivity index (χ2v) is 11.8. The molecule has 0 amide bonds. The van der Waals surface area contributed by atoms with Crippen molar-refractivity contribution in [3.8, 4) is 33.9 Å². The zero-order valence-electron chi connectivity index (χ0n) is 21.7. The number of nitro groups is 1. The first-order valence-corrected chi connectivity index (χ1v) is 15.1. The number of thiazole rings is 1. The number of para-hydroxylation sites is 1. The lowest BCUT2D eigenvalue weighted by molar-refractivity contribution is -0.384. The molecule has 0 aliphatic heterocycles. The topological polar surface area (TPSA) is 90.6 Å². The first-order valence-electron chi connectivity index (χ1n) is 12.7. The maximum absolute atomic E-state index is 11.2. The molecule has 4 aromatic carbocycles. The van der Waals surface area contributed by atoms with E-state index in [4.69, 9.17) is 5.10 Å². The van der Waals surface area contributed by atoms with Crippen molar-refractivity contribution in [2.24, 2.45) is 10.2 Å². The first-order chi connectivity index (χ1) is 20.5. The van der Waals surface area contributed by atoms with Gasteiger partial charge in [-0.05, 0) is 66.2 Å². The van der Waals surface area contributed by atoms with Crippen LogP contribution in [0.3, 0.4) is 0 Å². The molecule has 2 aromatic heterocycles. The van der Waals surface area contributed by atoms with E-state index in [0.29, 0.717) is 16.1 Å². The average Bonchev–Trinajstić information content (AvgIpc) is 3.63. The van der Waals surface area contributed by atoms with Gasteiger partial charge in [-0.1, -0.05) is 62.2 Å². The summed E-state index contributed by atoms with van der Waals surface area (Å²) in [6.45, 7) is 0. The molecule has 0 atom stereocenters. The van der Waals surface area contributed by atoms with Crippen LogP contribution in [-0.2, 0) is 0 Å². The molecule has 6 aromatic rings. The minimum absolute atomic E-state index is 0.0149. The van der Waals surface area contributed by atoms with Crippen molar-refractivity contribution in [2.75, 3.05) is 0 Å². The van der Waals surface area contributed by atoms with Gasteiger partial charge < -0.3 is 0 Å². The molecular formula is C31H20Br2N6O2S. The number of hydrogen-bond donors (Lipinski definition) is 0. The smallest absolute Gasteiger partial charge is 0.269 e. The molecule has 0 aliphatic rings. The highest BCUT2D eigenvalue weighted by Crippen LogP contribution is 2.27. The zero-order chi connectivity index (χ0) is 29.1. The summed E-state index contributed by atoms with van der Waals surface area (Å²) in [5.74, 6) is 0. The number of non-ortho nitro benzene ring substituents is 1. The molecule has 2 heterocycles. The highest BCUT2D eigenvalue weighted by atomic mass is 79.9. The van der Waals surface area contributed by atoms with Gasteiger partial charge >= 0.3 is 0 Å². The maximum Gasteiger partial charge on any atom is 0.269 e. The number of nitrogens with zero attached hydrogens (tertiary/aromatic N) is 6. The monoisotopic (exact) mass is 698 g/mol. The molecule has 0 saturated heterocycles. The summed E-state index contributed by atoms with van der Waals surface area (Å²) >= 11 is 8.48. The minimum atomic E-state index is -0.420. The van der Waals surface area contributed by atoms with Crippen molar-refractivity contribution in [1.82, 2.24) is 14.3 Å². The van der Waals surface area contributed by atoms with Crippen molar-refractivity contribution in [3.63, 3.8) is 0 Å². The van der Waals surface area contributed by atoms with E-state index in [1.54, 1.807) is 23.0 Å². The van der Waals surface area contributed by atoms with Crippen LogP contribution in [0, 0.1) is 10.1 Å². The van der Waals surface area contributed by atoms with Gasteiger partial charge in [0.1, 0.15) is 5.69 Å². The highest BCUT2D eigenvalue weighted by molar-refractivity contribution is 9.10. The van der Waals surface area contributed by atoms with Crippen LogP contribution in [0.5, 0.6) is 0 Å². The first kappa shape index (κ1) is 27.7. The standard InChI is InChI=1S/C31H20Br2N6O2S/c32-24-10-6-21(7-11-24)29-20-42-31(38(29)27-4-2-1-3-5-27)35-34-18-23-19-37(26-16-12-25(33)13-17-26)36-30(23)22-8-14-28(15-9-22)39(40)41/h1-20H. The van der Waals surface area contributed by atoms with Crippen molar-refractivity contribution in [2.45, 2.75) is 0 Å². The van der Waals surface area contributed by atoms with E-state index >= 15 is 0 Å². The fourth-order valence-corrected chi connectivity index (χ4v) is 5.73. The van der Waals surface area contributed by atoms with Crippen LogP contribution < -0.4 is 4.80 Å². The molecule has 42 heavy (non-hydrogen) atoms. The van der Waals surface area contributed by atoms with Gasteiger partial charge in [-0.3, -0.25) is 14.7 Å². The fourth-order valence-electron chi connectivity index (χ4n) is 4.34. The molecule has 6 rings (SSSR count). The third kappa shape index (κ3) is 5.94. The lowest BCUT2D eigenvalue weighted by Crippen LogP contribution is -2.13. The van der Waals surface area contributed by atoms with E-state index in [9.17, 15) is 10.1 Å². The molecule has 8 nitrogen and oxygen atoms in total. The Kier molecular flexibility index (Phi) is 8.04. The minimum Gasteiger partial charge on any atom is -0.284 e. The van der Waals surface area contributed by atoms with Gasteiger partial charge in [0, 0.05) is 49.5 Å². The quantitative estimate of drug-likeness (QED) is 0.0952. The second-order valence-electron chi connectivity index (χ2n) is 9.08. The molecule has 0 bridgehead atoms. The predicted octanol–water partition coefficient (Wildman–Crippen LogP) is 8.43. The molecule has 0 radical (unpaired) electrons. The molecule has 11 heteroatoms. The van der Waals surface area contributed by atoms with Crippen molar-refractivity contribution in [3.05, 3.63) is 144 Å². The average molecular weight is 700 g/mol. The fraction of sp³-hybridized carbons (Fsp3) is 0. The molecule has 0 aliphatic carbocycles. The molecular weight excluding hydrogens is 680 g/mol. The van der Waals surface area contributed by atoms with Crippen LogP contribution in [0.15, 0.2) is 134 Å². The van der Waals surface area contributed by atoms with E-state index in [1.165, 1.54) is 23.5 Å².